The van der Waals surface area contributed by atoms with Crippen LogP contribution < -0.4 is 0 Å². The lowest BCUT2D eigenvalue weighted by molar-refractivity contribution is 0.0580. The van der Waals surface area contributed by atoms with Crippen LogP contribution in [-0.4, -0.2) is 5.11 Å². The highest BCUT2D eigenvalue weighted by Crippen LogP contribution is 2.35. The second-order valence-electron chi connectivity index (χ2n) is 6.74. The Hall–Kier alpha value is -2.38. The molecular weight excluding hydrogens is 292 g/mol. The lowest BCUT2D eigenvalue weighted by atomic mass is 9.82. The number of aryl methyl sites for hydroxylation is 2. The first-order valence-electron chi connectivity index (χ1n) is 8.41. The molecule has 1 unspecified atom stereocenters. The Balaban J connectivity index is 2.06. The third-order valence-corrected chi connectivity index (χ3v) is 4.74. The molecule has 0 heterocycles. The van der Waals surface area contributed by atoms with Crippen LogP contribution in [0.15, 0.2) is 72.8 Å². The van der Waals surface area contributed by atoms with E-state index in [1.54, 1.807) is 0 Å². The minimum Gasteiger partial charge on any atom is -0.385 e. The van der Waals surface area contributed by atoms with Crippen molar-refractivity contribution in [2.75, 3.05) is 0 Å². The highest BCUT2D eigenvalue weighted by atomic mass is 16.3. The molecule has 0 fully saturated rings. The van der Waals surface area contributed by atoms with Crippen molar-refractivity contribution in [2.24, 2.45) is 0 Å². The van der Waals surface area contributed by atoms with Gasteiger partial charge in [0.15, 0.2) is 0 Å². The Labute approximate surface area is 144 Å². The van der Waals surface area contributed by atoms with Crippen molar-refractivity contribution in [3.05, 3.63) is 95.1 Å². The maximum absolute atomic E-state index is 11.3. The Kier molecular flexibility index (Phi) is 4.55. The normalized spacial score (nSPS) is 13.5. The number of hydrogen-bond acceptors (Lipinski definition) is 1. The van der Waals surface area contributed by atoms with Crippen LogP contribution in [0.25, 0.3) is 11.1 Å². The average Bonchev–Trinajstić information content (AvgIpc) is 2.57. The van der Waals surface area contributed by atoms with E-state index in [4.69, 9.17) is 0 Å². The van der Waals surface area contributed by atoms with Gasteiger partial charge in [0.1, 0.15) is 0 Å². The van der Waals surface area contributed by atoms with Crippen LogP contribution in [0.2, 0.25) is 0 Å². The third kappa shape index (κ3) is 3.27. The monoisotopic (exact) mass is 316 g/mol. The highest BCUT2D eigenvalue weighted by molar-refractivity contribution is 5.71. The average molecular weight is 316 g/mol. The van der Waals surface area contributed by atoms with Gasteiger partial charge in [0.25, 0.3) is 0 Å². The van der Waals surface area contributed by atoms with Crippen LogP contribution in [0.1, 0.15) is 29.2 Å². The molecule has 3 aromatic carbocycles. The summed E-state index contributed by atoms with van der Waals surface area (Å²) in [6, 6.07) is 24.8. The summed E-state index contributed by atoms with van der Waals surface area (Å²) in [7, 11) is 0. The third-order valence-electron chi connectivity index (χ3n) is 4.74. The summed E-state index contributed by atoms with van der Waals surface area (Å²) in [4.78, 5) is 0. The zero-order valence-electron chi connectivity index (χ0n) is 14.6. The van der Waals surface area contributed by atoms with Gasteiger partial charge in [-0.3, -0.25) is 0 Å². The summed E-state index contributed by atoms with van der Waals surface area (Å²) in [6.45, 7) is 6.12. The van der Waals surface area contributed by atoms with Gasteiger partial charge in [-0.2, -0.15) is 0 Å². The number of rotatable bonds is 4. The Bertz CT molecular complexity index is 846. The molecule has 1 heteroatoms. The van der Waals surface area contributed by atoms with Crippen LogP contribution in [0.4, 0.5) is 0 Å². The van der Waals surface area contributed by atoms with Crippen molar-refractivity contribution in [2.45, 2.75) is 32.8 Å². The standard InChI is InChI=1S/C23H24O/c1-17-10-4-6-12-19(17)16-23(3,24)22-15-9-8-14-21(22)20-13-7-5-11-18(20)2/h4-15,24H,16H2,1-3H3. The lowest BCUT2D eigenvalue weighted by Gasteiger charge is -2.28. The molecule has 0 aromatic heterocycles. The molecule has 1 nitrogen and oxygen atoms in total. The van der Waals surface area contributed by atoms with Gasteiger partial charge in [0, 0.05) is 6.42 Å². The first kappa shape index (κ1) is 16.5. The van der Waals surface area contributed by atoms with Gasteiger partial charge in [-0.05, 0) is 54.2 Å². The highest BCUT2D eigenvalue weighted by Gasteiger charge is 2.27. The largest absolute Gasteiger partial charge is 0.385 e. The number of benzene rings is 3. The number of aliphatic hydroxyl groups is 1. The maximum Gasteiger partial charge on any atom is 0.0914 e. The number of hydrogen-bond donors (Lipinski definition) is 1. The van der Waals surface area contributed by atoms with Gasteiger partial charge >= 0.3 is 0 Å². The van der Waals surface area contributed by atoms with Gasteiger partial charge in [0.05, 0.1) is 5.60 Å². The molecule has 0 spiro atoms. The molecule has 0 aliphatic rings. The molecule has 1 N–H and O–H groups in total. The van der Waals surface area contributed by atoms with Gasteiger partial charge in [-0.25, -0.2) is 0 Å². The fourth-order valence-electron chi connectivity index (χ4n) is 3.34. The summed E-state index contributed by atoms with van der Waals surface area (Å²) in [5.74, 6) is 0. The molecule has 24 heavy (non-hydrogen) atoms. The smallest absolute Gasteiger partial charge is 0.0914 e. The Morgan fingerprint density at radius 1 is 0.708 bits per heavy atom. The molecule has 0 aliphatic carbocycles. The van der Waals surface area contributed by atoms with E-state index in [1.807, 2.05) is 43.3 Å². The quantitative estimate of drug-likeness (QED) is 0.681. The molecule has 0 radical (unpaired) electrons. The fourth-order valence-corrected chi connectivity index (χ4v) is 3.34. The van der Waals surface area contributed by atoms with Crippen molar-refractivity contribution in [1.82, 2.24) is 0 Å². The Morgan fingerprint density at radius 3 is 1.92 bits per heavy atom. The predicted octanol–water partition coefficient (Wildman–Crippen LogP) is 5.42. The van der Waals surface area contributed by atoms with Crippen molar-refractivity contribution >= 4 is 0 Å². The minimum atomic E-state index is -0.926. The van der Waals surface area contributed by atoms with E-state index in [1.165, 1.54) is 22.3 Å². The zero-order chi connectivity index (χ0) is 17.2. The van der Waals surface area contributed by atoms with E-state index < -0.39 is 5.60 Å². The Morgan fingerprint density at radius 2 is 1.25 bits per heavy atom. The summed E-state index contributed by atoms with van der Waals surface area (Å²) in [5, 5.41) is 11.3. The maximum atomic E-state index is 11.3. The molecular formula is C23H24O. The minimum absolute atomic E-state index is 0.600. The van der Waals surface area contributed by atoms with E-state index in [0.717, 1.165) is 11.1 Å². The summed E-state index contributed by atoms with van der Waals surface area (Å²) < 4.78 is 0. The summed E-state index contributed by atoms with van der Waals surface area (Å²) in [6.07, 6.45) is 0.600. The molecule has 3 rings (SSSR count). The SMILES string of the molecule is Cc1ccccc1CC(C)(O)c1ccccc1-c1ccccc1C. The van der Waals surface area contributed by atoms with Crippen molar-refractivity contribution in [1.29, 1.82) is 0 Å². The molecule has 3 aromatic rings. The molecule has 0 saturated heterocycles. The van der Waals surface area contributed by atoms with E-state index in [9.17, 15) is 5.11 Å². The van der Waals surface area contributed by atoms with Gasteiger partial charge in [-0.15, -0.1) is 0 Å². The van der Waals surface area contributed by atoms with E-state index in [2.05, 4.69) is 50.2 Å². The fraction of sp³-hybridized carbons (Fsp3) is 0.217. The van der Waals surface area contributed by atoms with Crippen LogP contribution in [0, 0.1) is 13.8 Å². The second-order valence-corrected chi connectivity index (χ2v) is 6.74. The lowest BCUT2D eigenvalue weighted by Crippen LogP contribution is -2.25. The molecule has 0 bridgehead atoms. The first-order chi connectivity index (χ1) is 11.5. The molecule has 0 aliphatic heterocycles. The van der Waals surface area contributed by atoms with Gasteiger partial charge in [-0.1, -0.05) is 72.8 Å². The van der Waals surface area contributed by atoms with Gasteiger partial charge < -0.3 is 5.11 Å². The van der Waals surface area contributed by atoms with Crippen LogP contribution >= 0.6 is 0 Å². The second kappa shape index (κ2) is 6.62. The van der Waals surface area contributed by atoms with Crippen molar-refractivity contribution in [3.63, 3.8) is 0 Å². The molecule has 1 atom stereocenters. The first-order valence-corrected chi connectivity index (χ1v) is 8.41. The van der Waals surface area contributed by atoms with Crippen molar-refractivity contribution in [3.8, 4) is 11.1 Å². The van der Waals surface area contributed by atoms with Crippen LogP contribution in [0.5, 0.6) is 0 Å². The van der Waals surface area contributed by atoms with Crippen LogP contribution in [-0.2, 0) is 12.0 Å². The predicted molar refractivity (Wildman–Crippen MR) is 101 cm³/mol. The molecule has 122 valence electrons. The molecule has 0 amide bonds. The molecule has 0 saturated carbocycles. The van der Waals surface area contributed by atoms with Crippen molar-refractivity contribution < 1.29 is 5.11 Å². The van der Waals surface area contributed by atoms with Crippen LogP contribution in [0.3, 0.4) is 0 Å². The van der Waals surface area contributed by atoms with E-state index >= 15 is 0 Å². The summed E-state index contributed by atoms with van der Waals surface area (Å²) >= 11 is 0. The van der Waals surface area contributed by atoms with E-state index in [-0.39, 0.29) is 0 Å². The van der Waals surface area contributed by atoms with Gasteiger partial charge in [0.2, 0.25) is 0 Å². The van der Waals surface area contributed by atoms with E-state index in [0.29, 0.717) is 6.42 Å². The zero-order valence-corrected chi connectivity index (χ0v) is 14.6. The topological polar surface area (TPSA) is 20.2 Å². The summed E-state index contributed by atoms with van der Waals surface area (Å²) in [5.41, 5.74) is 5.95.